The Morgan fingerprint density at radius 1 is 0.970 bits per heavy atom. The highest BCUT2D eigenvalue weighted by Gasteiger charge is 2.38. The highest BCUT2D eigenvalue weighted by molar-refractivity contribution is 5.94. The summed E-state index contributed by atoms with van der Waals surface area (Å²) in [5.74, 6) is -0.688. The van der Waals surface area contributed by atoms with E-state index in [9.17, 15) is 14.4 Å². The van der Waals surface area contributed by atoms with Crippen molar-refractivity contribution in [3.63, 3.8) is 0 Å². The van der Waals surface area contributed by atoms with Crippen molar-refractivity contribution >= 4 is 18.0 Å². The van der Waals surface area contributed by atoms with Gasteiger partial charge in [-0.25, -0.2) is 14.5 Å². The molecule has 1 fully saturated rings. The van der Waals surface area contributed by atoms with Crippen LogP contribution in [0.15, 0.2) is 72.8 Å². The summed E-state index contributed by atoms with van der Waals surface area (Å²) in [5, 5.41) is 0. The zero-order valence-electron chi connectivity index (χ0n) is 18.6. The smallest absolute Gasteiger partial charge is 0.417 e. The lowest BCUT2D eigenvalue weighted by Gasteiger charge is -2.20. The summed E-state index contributed by atoms with van der Waals surface area (Å²) in [7, 11) is 0. The van der Waals surface area contributed by atoms with Crippen LogP contribution in [-0.2, 0) is 27.3 Å². The molecule has 1 atom stereocenters. The maximum absolute atomic E-state index is 12.9. The fourth-order valence-electron chi connectivity index (χ4n) is 3.90. The van der Waals surface area contributed by atoms with E-state index in [1.165, 1.54) is 4.90 Å². The average Bonchev–Trinajstić information content (AvgIpc) is 3.20. The first-order valence-electron chi connectivity index (χ1n) is 10.8. The number of aryl methyl sites for hydroxylation is 2. The molecule has 2 amide bonds. The summed E-state index contributed by atoms with van der Waals surface area (Å²) >= 11 is 0. The van der Waals surface area contributed by atoms with E-state index in [2.05, 4.69) is 0 Å². The summed E-state index contributed by atoms with van der Waals surface area (Å²) in [4.78, 5) is 38.6. The minimum atomic E-state index is -0.621. The summed E-state index contributed by atoms with van der Waals surface area (Å²) in [5.41, 5.74) is 4.95. The van der Waals surface area contributed by atoms with Crippen LogP contribution in [0.1, 0.15) is 44.2 Å². The maximum Gasteiger partial charge on any atom is 0.417 e. The molecule has 3 aromatic carbocycles. The highest BCUT2D eigenvalue weighted by Crippen LogP contribution is 2.28. The van der Waals surface area contributed by atoms with E-state index in [0.717, 1.165) is 27.8 Å². The van der Waals surface area contributed by atoms with Gasteiger partial charge in [0.05, 0.1) is 12.0 Å². The largest absolute Gasteiger partial charge is 0.457 e. The minimum Gasteiger partial charge on any atom is -0.457 e. The highest BCUT2D eigenvalue weighted by atomic mass is 16.6. The van der Waals surface area contributed by atoms with E-state index >= 15 is 0 Å². The lowest BCUT2D eigenvalue weighted by Crippen LogP contribution is -2.35. The van der Waals surface area contributed by atoms with Gasteiger partial charge < -0.3 is 9.47 Å². The Hall–Kier alpha value is -3.93. The normalized spacial score (nSPS) is 15.3. The number of cyclic esters (lactones) is 1. The minimum absolute atomic E-state index is 0.0705. The molecule has 0 spiro atoms. The summed E-state index contributed by atoms with van der Waals surface area (Å²) in [6, 6.07) is 21.8. The molecule has 0 radical (unpaired) electrons. The third-order valence-corrected chi connectivity index (χ3v) is 5.68. The summed E-state index contributed by atoms with van der Waals surface area (Å²) < 4.78 is 10.6. The predicted molar refractivity (Wildman–Crippen MR) is 123 cm³/mol. The maximum atomic E-state index is 12.9. The Balaban J connectivity index is 1.36. The van der Waals surface area contributed by atoms with Gasteiger partial charge in [-0.2, -0.15) is 0 Å². The zero-order valence-corrected chi connectivity index (χ0v) is 18.6. The molecule has 4 rings (SSSR count). The van der Waals surface area contributed by atoms with Gasteiger partial charge in [0.2, 0.25) is 5.91 Å². The second kappa shape index (κ2) is 9.69. The molecule has 3 aromatic rings. The van der Waals surface area contributed by atoms with E-state index in [0.29, 0.717) is 5.56 Å². The summed E-state index contributed by atoms with van der Waals surface area (Å²) in [6.45, 7) is 4.14. The second-order valence-corrected chi connectivity index (χ2v) is 8.15. The number of rotatable bonds is 6. The van der Waals surface area contributed by atoms with Crippen molar-refractivity contribution in [2.75, 3.05) is 6.61 Å². The quantitative estimate of drug-likeness (QED) is 0.506. The van der Waals surface area contributed by atoms with E-state index in [-0.39, 0.29) is 31.5 Å². The number of benzene rings is 3. The number of imide groups is 1. The Bertz CT molecular complexity index is 1170. The average molecular weight is 443 g/mol. The third kappa shape index (κ3) is 5.12. The molecule has 0 bridgehead atoms. The van der Waals surface area contributed by atoms with Crippen molar-refractivity contribution in [1.82, 2.24) is 4.90 Å². The van der Waals surface area contributed by atoms with Crippen molar-refractivity contribution < 1.29 is 23.9 Å². The van der Waals surface area contributed by atoms with Gasteiger partial charge in [0.15, 0.2) is 0 Å². The molecule has 6 nitrogen and oxygen atoms in total. The molecule has 168 valence electrons. The fourth-order valence-corrected chi connectivity index (χ4v) is 3.90. The van der Waals surface area contributed by atoms with Crippen molar-refractivity contribution in [2.45, 2.75) is 32.9 Å². The van der Waals surface area contributed by atoms with E-state index < -0.39 is 12.1 Å². The van der Waals surface area contributed by atoms with Crippen molar-refractivity contribution in [3.8, 4) is 0 Å². The Morgan fingerprint density at radius 2 is 1.67 bits per heavy atom. The van der Waals surface area contributed by atoms with Gasteiger partial charge >= 0.3 is 12.1 Å². The third-order valence-electron chi connectivity index (χ3n) is 5.68. The van der Waals surface area contributed by atoms with Crippen LogP contribution in [0.25, 0.3) is 0 Å². The van der Waals surface area contributed by atoms with Crippen molar-refractivity contribution in [3.05, 3.63) is 106 Å². The molecule has 33 heavy (non-hydrogen) atoms. The standard InChI is InChI=1S/C27H25NO5/c1-18-8-13-23(19(2)14-18)26(30)32-16-21-11-9-20(10-12-21)15-25(29)28-24(17-33-27(28)31)22-6-4-3-5-7-22/h3-14,24H,15-17H2,1-2H3. The number of ether oxygens (including phenoxy) is 2. The van der Waals surface area contributed by atoms with Gasteiger partial charge in [0.1, 0.15) is 19.3 Å². The van der Waals surface area contributed by atoms with E-state index in [1.54, 1.807) is 18.2 Å². The molecule has 1 saturated heterocycles. The molecular weight excluding hydrogens is 418 g/mol. The molecule has 1 unspecified atom stereocenters. The number of esters is 1. The van der Waals surface area contributed by atoms with E-state index in [1.807, 2.05) is 68.4 Å². The predicted octanol–water partition coefficient (Wildman–Crippen LogP) is 4.92. The number of hydrogen-bond acceptors (Lipinski definition) is 5. The Labute approximate surface area is 192 Å². The number of amides is 2. The van der Waals surface area contributed by atoms with Crippen LogP contribution in [-0.4, -0.2) is 29.5 Å². The topological polar surface area (TPSA) is 72.9 Å². The number of carbonyl (C=O) groups is 3. The molecule has 0 N–H and O–H groups in total. The van der Waals surface area contributed by atoms with Crippen LogP contribution < -0.4 is 0 Å². The monoisotopic (exact) mass is 443 g/mol. The molecule has 1 aliphatic rings. The molecule has 0 aromatic heterocycles. The molecule has 1 aliphatic heterocycles. The van der Waals surface area contributed by atoms with Crippen molar-refractivity contribution in [2.24, 2.45) is 0 Å². The zero-order chi connectivity index (χ0) is 23.4. The fraction of sp³-hybridized carbons (Fsp3) is 0.222. The van der Waals surface area contributed by atoms with Gasteiger partial charge in [-0.1, -0.05) is 72.3 Å². The molecule has 0 saturated carbocycles. The first-order valence-corrected chi connectivity index (χ1v) is 10.8. The van der Waals surface area contributed by atoms with Gasteiger partial charge in [-0.15, -0.1) is 0 Å². The van der Waals surface area contributed by atoms with Crippen LogP contribution in [0, 0.1) is 13.8 Å². The molecule has 6 heteroatoms. The van der Waals surface area contributed by atoms with Crippen LogP contribution in [0.3, 0.4) is 0 Å². The van der Waals surface area contributed by atoms with Crippen LogP contribution in [0.4, 0.5) is 4.79 Å². The lowest BCUT2D eigenvalue weighted by molar-refractivity contribution is -0.128. The molecule has 0 aliphatic carbocycles. The lowest BCUT2D eigenvalue weighted by atomic mass is 10.0. The van der Waals surface area contributed by atoms with Gasteiger partial charge in [-0.05, 0) is 42.2 Å². The summed E-state index contributed by atoms with van der Waals surface area (Å²) in [6.07, 6.45) is -0.551. The van der Waals surface area contributed by atoms with Gasteiger partial charge in [0, 0.05) is 0 Å². The SMILES string of the molecule is Cc1ccc(C(=O)OCc2ccc(CC(=O)N3C(=O)OCC3c3ccccc3)cc2)c(C)c1. The van der Waals surface area contributed by atoms with Crippen molar-refractivity contribution in [1.29, 1.82) is 0 Å². The second-order valence-electron chi connectivity index (χ2n) is 8.15. The van der Waals surface area contributed by atoms with Crippen LogP contribution >= 0.6 is 0 Å². The van der Waals surface area contributed by atoms with Gasteiger partial charge in [0.25, 0.3) is 0 Å². The van der Waals surface area contributed by atoms with Crippen LogP contribution in [0.2, 0.25) is 0 Å². The van der Waals surface area contributed by atoms with Crippen LogP contribution in [0.5, 0.6) is 0 Å². The number of hydrogen-bond donors (Lipinski definition) is 0. The molecule has 1 heterocycles. The Kier molecular flexibility index (Phi) is 6.54. The Morgan fingerprint density at radius 3 is 2.36 bits per heavy atom. The number of carbonyl (C=O) groups excluding carboxylic acids is 3. The van der Waals surface area contributed by atoms with Gasteiger partial charge in [-0.3, -0.25) is 4.79 Å². The van der Waals surface area contributed by atoms with E-state index in [4.69, 9.17) is 9.47 Å². The first-order chi connectivity index (χ1) is 15.9. The first kappa shape index (κ1) is 22.3. The number of nitrogens with zero attached hydrogens (tertiary/aromatic N) is 1. The molecular formula is C27H25NO5.